The van der Waals surface area contributed by atoms with Crippen molar-refractivity contribution in [2.24, 2.45) is 5.92 Å². The highest BCUT2D eigenvalue weighted by Crippen LogP contribution is 2.12. The van der Waals surface area contributed by atoms with Crippen LogP contribution in [0.2, 0.25) is 0 Å². The van der Waals surface area contributed by atoms with Crippen LogP contribution in [-0.2, 0) is 11.2 Å². The predicted octanol–water partition coefficient (Wildman–Crippen LogP) is 1.64. The van der Waals surface area contributed by atoms with Crippen molar-refractivity contribution in [1.29, 1.82) is 0 Å². The molecule has 0 spiro atoms. The topological polar surface area (TPSA) is 49.3 Å². The zero-order valence-corrected chi connectivity index (χ0v) is 10.2. The van der Waals surface area contributed by atoms with Crippen LogP contribution in [0.1, 0.15) is 18.9 Å². The molecule has 0 bridgehead atoms. The zero-order valence-electron chi connectivity index (χ0n) is 10.2. The molecule has 3 nitrogen and oxygen atoms in total. The van der Waals surface area contributed by atoms with Crippen LogP contribution in [0.5, 0.6) is 0 Å². The normalized spacial score (nSPS) is 12.2. The molecule has 1 aromatic rings. The molecule has 1 amide bonds. The number of hydrogen-bond donors (Lipinski definition) is 2. The second-order valence-electron chi connectivity index (χ2n) is 4.30. The van der Waals surface area contributed by atoms with Crippen LogP contribution in [0.3, 0.4) is 0 Å². The van der Waals surface area contributed by atoms with Gasteiger partial charge < -0.3 is 10.4 Å². The third-order valence-corrected chi connectivity index (χ3v) is 2.61. The van der Waals surface area contributed by atoms with Crippen molar-refractivity contribution in [2.45, 2.75) is 19.8 Å². The lowest BCUT2D eigenvalue weighted by atomic mass is 10.1. The van der Waals surface area contributed by atoms with Crippen molar-refractivity contribution < 1.29 is 18.7 Å². The maximum Gasteiger partial charge on any atom is 0.220 e. The number of nitrogens with one attached hydrogen (secondary N) is 1. The van der Waals surface area contributed by atoms with Crippen molar-refractivity contribution >= 4 is 5.91 Å². The lowest BCUT2D eigenvalue weighted by Gasteiger charge is -2.09. The molecule has 0 aromatic heterocycles. The summed E-state index contributed by atoms with van der Waals surface area (Å²) in [5.41, 5.74) is 0.195. The molecule has 100 valence electrons. The summed E-state index contributed by atoms with van der Waals surface area (Å²) >= 11 is 0. The Labute approximate surface area is 105 Å². The van der Waals surface area contributed by atoms with Crippen LogP contribution in [0.25, 0.3) is 0 Å². The summed E-state index contributed by atoms with van der Waals surface area (Å²) in [6.45, 7) is 2.17. The van der Waals surface area contributed by atoms with E-state index in [9.17, 15) is 13.6 Å². The Morgan fingerprint density at radius 1 is 1.44 bits per heavy atom. The number of carbonyl (C=O) groups is 1. The van der Waals surface area contributed by atoms with Gasteiger partial charge in [0.15, 0.2) is 11.6 Å². The van der Waals surface area contributed by atoms with E-state index >= 15 is 0 Å². The second kappa shape index (κ2) is 7.06. The van der Waals surface area contributed by atoms with Gasteiger partial charge in [-0.2, -0.15) is 0 Å². The molecule has 0 fully saturated rings. The monoisotopic (exact) mass is 257 g/mol. The van der Waals surface area contributed by atoms with Crippen molar-refractivity contribution in [3.05, 3.63) is 35.4 Å². The summed E-state index contributed by atoms with van der Waals surface area (Å²) in [5, 5.41) is 11.4. The quantitative estimate of drug-likeness (QED) is 0.814. The molecule has 0 saturated carbocycles. The molecule has 0 radical (unpaired) electrons. The number of halogens is 2. The molecular formula is C13H17F2NO2. The van der Waals surface area contributed by atoms with Crippen LogP contribution in [-0.4, -0.2) is 24.2 Å². The highest BCUT2D eigenvalue weighted by Gasteiger charge is 2.10. The van der Waals surface area contributed by atoms with Crippen LogP contribution in [0, 0.1) is 17.6 Å². The van der Waals surface area contributed by atoms with Gasteiger partial charge in [0.1, 0.15) is 0 Å². The molecule has 1 atom stereocenters. The molecule has 1 rings (SSSR count). The molecule has 0 aliphatic rings. The van der Waals surface area contributed by atoms with E-state index in [0.717, 1.165) is 6.07 Å². The third-order valence-electron chi connectivity index (χ3n) is 2.61. The Kier molecular flexibility index (Phi) is 5.71. The number of rotatable bonds is 6. The minimum absolute atomic E-state index is 0.00119. The molecule has 0 heterocycles. The average molecular weight is 257 g/mol. The van der Waals surface area contributed by atoms with Gasteiger partial charge in [0.05, 0.1) is 0 Å². The number of aliphatic hydroxyl groups excluding tert-OH is 1. The fourth-order valence-electron chi connectivity index (χ4n) is 1.43. The molecule has 18 heavy (non-hydrogen) atoms. The molecule has 1 aromatic carbocycles. The standard InChI is InChI=1S/C13H17F2NO2/c1-9(8-17)7-16-12(18)6-5-10-3-2-4-11(14)13(10)15/h2-4,9,17H,5-8H2,1H3,(H,16,18). The van der Waals surface area contributed by atoms with Gasteiger partial charge in [-0.3, -0.25) is 4.79 Å². The fourth-order valence-corrected chi connectivity index (χ4v) is 1.43. The van der Waals surface area contributed by atoms with Crippen LogP contribution in [0.15, 0.2) is 18.2 Å². The van der Waals surface area contributed by atoms with Crippen LogP contribution in [0.4, 0.5) is 8.78 Å². The van der Waals surface area contributed by atoms with E-state index in [1.54, 1.807) is 6.92 Å². The number of amides is 1. The largest absolute Gasteiger partial charge is 0.396 e. The van der Waals surface area contributed by atoms with Crippen molar-refractivity contribution in [2.75, 3.05) is 13.2 Å². The predicted molar refractivity (Wildman–Crippen MR) is 63.9 cm³/mol. The fraction of sp³-hybridized carbons (Fsp3) is 0.462. The Morgan fingerprint density at radius 3 is 2.83 bits per heavy atom. The molecule has 0 saturated heterocycles. The number of aryl methyl sites for hydroxylation is 1. The Morgan fingerprint density at radius 2 is 2.17 bits per heavy atom. The van der Waals surface area contributed by atoms with Crippen molar-refractivity contribution in [3.8, 4) is 0 Å². The highest BCUT2D eigenvalue weighted by molar-refractivity contribution is 5.76. The summed E-state index contributed by atoms with van der Waals surface area (Å²) in [6, 6.07) is 3.92. The summed E-state index contributed by atoms with van der Waals surface area (Å²) < 4.78 is 26.2. The van der Waals surface area contributed by atoms with Gasteiger partial charge in [-0.05, 0) is 24.0 Å². The first-order chi connectivity index (χ1) is 8.54. The molecular weight excluding hydrogens is 240 g/mol. The maximum absolute atomic E-state index is 13.3. The van der Waals surface area contributed by atoms with Gasteiger partial charge in [-0.25, -0.2) is 8.78 Å². The van der Waals surface area contributed by atoms with Crippen LogP contribution < -0.4 is 5.32 Å². The minimum Gasteiger partial charge on any atom is -0.396 e. The van der Waals surface area contributed by atoms with Crippen LogP contribution >= 0.6 is 0 Å². The first-order valence-electron chi connectivity index (χ1n) is 5.85. The zero-order chi connectivity index (χ0) is 13.5. The van der Waals surface area contributed by atoms with Gasteiger partial charge >= 0.3 is 0 Å². The first-order valence-corrected chi connectivity index (χ1v) is 5.85. The Bertz CT molecular complexity index is 410. The molecule has 2 N–H and O–H groups in total. The van der Waals surface area contributed by atoms with Crippen molar-refractivity contribution in [3.63, 3.8) is 0 Å². The summed E-state index contributed by atoms with van der Waals surface area (Å²) in [5.74, 6) is -2.05. The van der Waals surface area contributed by atoms with Gasteiger partial charge in [0.2, 0.25) is 5.91 Å². The van der Waals surface area contributed by atoms with E-state index in [1.807, 2.05) is 0 Å². The second-order valence-corrected chi connectivity index (χ2v) is 4.30. The van der Waals surface area contributed by atoms with Crippen molar-refractivity contribution in [1.82, 2.24) is 5.32 Å². The average Bonchev–Trinajstić information content (AvgIpc) is 2.37. The lowest BCUT2D eigenvalue weighted by Crippen LogP contribution is -2.29. The number of hydrogen-bond acceptors (Lipinski definition) is 2. The van der Waals surface area contributed by atoms with E-state index in [0.29, 0.717) is 6.54 Å². The Hall–Kier alpha value is -1.49. The number of carbonyl (C=O) groups excluding carboxylic acids is 1. The molecule has 1 unspecified atom stereocenters. The summed E-state index contributed by atoms with van der Waals surface area (Å²) in [7, 11) is 0. The molecule has 5 heteroatoms. The molecule has 0 aliphatic carbocycles. The SMILES string of the molecule is CC(CO)CNC(=O)CCc1cccc(F)c1F. The third kappa shape index (κ3) is 4.41. The van der Waals surface area contributed by atoms with E-state index < -0.39 is 11.6 Å². The van der Waals surface area contributed by atoms with Gasteiger partial charge in [-0.1, -0.05) is 19.1 Å². The highest BCUT2D eigenvalue weighted by atomic mass is 19.2. The Balaban J connectivity index is 2.41. The summed E-state index contributed by atoms with van der Waals surface area (Å²) in [4.78, 5) is 11.4. The first kappa shape index (κ1) is 14.6. The minimum atomic E-state index is -0.901. The van der Waals surface area contributed by atoms with Gasteiger partial charge in [-0.15, -0.1) is 0 Å². The van der Waals surface area contributed by atoms with E-state index in [-0.39, 0.29) is 36.8 Å². The summed E-state index contributed by atoms with van der Waals surface area (Å²) in [6.07, 6.45) is 0.251. The smallest absolute Gasteiger partial charge is 0.220 e. The van der Waals surface area contributed by atoms with E-state index in [1.165, 1.54) is 12.1 Å². The van der Waals surface area contributed by atoms with Gasteiger partial charge in [0, 0.05) is 19.6 Å². The van der Waals surface area contributed by atoms with Gasteiger partial charge in [0.25, 0.3) is 0 Å². The number of aliphatic hydroxyl groups is 1. The van der Waals surface area contributed by atoms with E-state index in [4.69, 9.17) is 5.11 Å². The maximum atomic E-state index is 13.3. The number of benzene rings is 1. The molecule has 0 aliphatic heterocycles. The lowest BCUT2D eigenvalue weighted by molar-refractivity contribution is -0.121. The van der Waals surface area contributed by atoms with E-state index in [2.05, 4.69) is 5.32 Å².